The molecule has 0 saturated carbocycles. The Kier molecular flexibility index (Phi) is 4.37. The summed E-state index contributed by atoms with van der Waals surface area (Å²) in [4.78, 5) is 24.1. The van der Waals surface area contributed by atoms with Crippen molar-refractivity contribution in [1.82, 2.24) is 29.1 Å². The van der Waals surface area contributed by atoms with Gasteiger partial charge in [-0.25, -0.2) is 18.9 Å². The molecular weight excluding hydrogens is 408 g/mol. The first kappa shape index (κ1) is 19.3. The van der Waals surface area contributed by atoms with Crippen LogP contribution in [0.4, 0.5) is 29.1 Å². The van der Waals surface area contributed by atoms with Gasteiger partial charge in [-0.3, -0.25) is 9.78 Å². The lowest BCUT2D eigenvalue weighted by Gasteiger charge is -2.12. The zero-order chi connectivity index (χ0) is 21.6. The van der Waals surface area contributed by atoms with Crippen molar-refractivity contribution in [3.05, 3.63) is 59.9 Å². The predicted octanol–water partition coefficient (Wildman–Crippen LogP) is 2.61. The number of nitrogen functional groups attached to an aromatic ring is 1. The molecule has 4 aromatic rings. The van der Waals surface area contributed by atoms with Gasteiger partial charge < -0.3 is 15.6 Å². The van der Waals surface area contributed by atoms with E-state index in [9.17, 15) is 22.4 Å². The Morgan fingerprint density at radius 2 is 2.00 bits per heavy atom. The minimum atomic E-state index is -4.63. The van der Waals surface area contributed by atoms with Gasteiger partial charge in [0.15, 0.2) is 23.0 Å². The van der Waals surface area contributed by atoms with Crippen LogP contribution in [0.25, 0.3) is 11.3 Å². The van der Waals surface area contributed by atoms with Gasteiger partial charge in [0.2, 0.25) is 0 Å². The van der Waals surface area contributed by atoms with Crippen LogP contribution in [-0.4, -0.2) is 35.0 Å². The molecule has 0 atom stereocenters. The van der Waals surface area contributed by atoms with Crippen LogP contribution in [0, 0.1) is 12.7 Å². The number of fused-ring (bicyclic) bond motifs is 1. The number of carbonyl (C=O) groups excluding carboxylic acids is 1. The molecule has 4 rings (SSSR count). The third kappa shape index (κ3) is 3.29. The molecule has 0 bridgehead atoms. The summed E-state index contributed by atoms with van der Waals surface area (Å²) in [5.74, 6) is -1.57. The maximum Gasteiger partial charge on any atom is 0.434 e. The number of pyridine rings is 1. The molecule has 0 saturated heterocycles. The number of rotatable bonds is 3. The highest BCUT2D eigenvalue weighted by Gasteiger charge is 2.34. The monoisotopic (exact) mass is 420 g/mol. The van der Waals surface area contributed by atoms with Gasteiger partial charge in [0, 0.05) is 12.4 Å². The topological polar surface area (TPSA) is 116 Å². The van der Waals surface area contributed by atoms with Crippen LogP contribution < -0.4 is 11.1 Å². The van der Waals surface area contributed by atoms with E-state index >= 15 is 0 Å². The van der Waals surface area contributed by atoms with Crippen molar-refractivity contribution in [2.24, 2.45) is 0 Å². The van der Waals surface area contributed by atoms with Crippen molar-refractivity contribution >= 4 is 23.1 Å². The van der Waals surface area contributed by atoms with E-state index in [0.29, 0.717) is 0 Å². The van der Waals surface area contributed by atoms with E-state index < -0.39 is 23.6 Å². The van der Waals surface area contributed by atoms with Crippen molar-refractivity contribution in [1.29, 1.82) is 0 Å². The second-order valence-corrected chi connectivity index (χ2v) is 6.19. The summed E-state index contributed by atoms with van der Waals surface area (Å²) in [6.45, 7) is 1.39. The summed E-state index contributed by atoms with van der Waals surface area (Å²) in [6.07, 6.45) is 0.697. The molecule has 0 unspecified atom stereocenters. The van der Waals surface area contributed by atoms with Crippen molar-refractivity contribution in [2.45, 2.75) is 13.1 Å². The fourth-order valence-electron chi connectivity index (χ4n) is 2.88. The molecule has 0 aliphatic rings. The number of hydrogen-bond donors (Lipinski definition) is 2. The summed E-state index contributed by atoms with van der Waals surface area (Å²) in [5.41, 5.74) is 4.88. The van der Waals surface area contributed by atoms with E-state index in [4.69, 9.17) is 5.73 Å². The number of aryl methyl sites for hydroxylation is 1. The molecule has 13 heteroatoms. The molecule has 1 amide bonds. The zero-order valence-electron chi connectivity index (χ0n) is 15.1. The van der Waals surface area contributed by atoms with Gasteiger partial charge in [0.05, 0.1) is 30.0 Å². The molecule has 0 aliphatic heterocycles. The lowest BCUT2D eigenvalue weighted by Crippen LogP contribution is -2.16. The Morgan fingerprint density at radius 3 is 2.70 bits per heavy atom. The molecule has 4 heterocycles. The number of nitrogens with two attached hydrogens (primary N) is 1. The average Bonchev–Trinajstić information content (AvgIpc) is 3.21. The van der Waals surface area contributed by atoms with Crippen LogP contribution in [0.1, 0.15) is 21.9 Å². The third-order valence-electron chi connectivity index (χ3n) is 4.17. The molecule has 0 fully saturated rings. The third-order valence-corrected chi connectivity index (χ3v) is 4.17. The lowest BCUT2D eigenvalue weighted by molar-refractivity contribution is -0.141. The highest BCUT2D eigenvalue weighted by atomic mass is 19.4. The van der Waals surface area contributed by atoms with Gasteiger partial charge in [0.25, 0.3) is 5.91 Å². The summed E-state index contributed by atoms with van der Waals surface area (Å²) in [7, 11) is 0. The summed E-state index contributed by atoms with van der Waals surface area (Å²) >= 11 is 0. The Labute approximate surface area is 165 Å². The highest BCUT2D eigenvalue weighted by Crippen LogP contribution is 2.31. The van der Waals surface area contributed by atoms with Crippen molar-refractivity contribution in [3.8, 4) is 5.69 Å². The van der Waals surface area contributed by atoms with Gasteiger partial charge >= 0.3 is 6.18 Å². The average molecular weight is 420 g/mol. The molecule has 0 spiro atoms. The van der Waals surface area contributed by atoms with E-state index in [-0.39, 0.29) is 34.2 Å². The zero-order valence-corrected chi connectivity index (χ0v) is 15.1. The first-order valence-electron chi connectivity index (χ1n) is 8.33. The molecule has 0 aliphatic carbocycles. The number of carbonyl (C=O) groups is 1. The fourth-order valence-corrected chi connectivity index (χ4v) is 2.88. The van der Waals surface area contributed by atoms with Gasteiger partial charge in [-0.1, -0.05) is 0 Å². The van der Waals surface area contributed by atoms with E-state index in [1.165, 1.54) is 30.0 Å². The smallest absolute Gasteiger partial charge is 0.381 e. The van der Waals surface area contributed by atoms with E-state index in [2.05, 4.69) is 25.4 Å². The number of alkyl halides is 3. The van der Waals surface area contributed by atoms with Gasteiger partial charge in [0.1, 0.15) is 11.4 Å². The number of imidazole rings is 1. The van der Waals surface area contributed by atoms with Crippen molar-refractivity contribution in [2.75, 3.05) is 11.1 Å². The van der Waals surface area contributed by atoms with Gasteiger partial charge in [-0.15, -0.1) is 5.10 Å². The van der Waals surface area contributed by atoms with E-state index in [1.807, 2.05) is 0 Å². The second-order valence-electron chi connectivity index (χ2n) is 6.19. The number of halogens is 4. The van der Waals surface area contributed by atoms with Crippen LogP contribution in [0.3, 0.4) is 0 Å². The number of nitrogens with one attached hydrogen (secondary N) is 1. The maximum atomic E-state index is 13.3. The minimum absolute atomic E-state index is 0.00927. The molecule has 9 nitrogen and oxygen atoms in total. The first-order valence-corrected chi connectivity index (χ1v) is 8.33. The van der Waals surface area contributed by atoms with Gasteiger partial charge in [-0.05, 0) is 13.0 Å². The lowest BCUT2D eigenvalue weighted by atomic mass is 10.2. The number of aromatic nitrogens is 6. The number of anilines is 2. The predicted molar refractivity (Wildman–Crippen MR) is 96.4 cm³/mol. The van der Waals surface area contributed by atoms with E-state index in [0.717, 1.165) is 23.1 Å². The Balaban J connectivity index is 1.74. The first-order chi connectivity index (χ1) is 14.1. The number of amides is 1. The molecule has 30 heavy (non-hydrogen) atoms. The second kappa shape index (κ2) is 6.79. The Hall–Kier alpha value is -4.03. The quantitative estimate of drug-likeness (QED) is 0.492. The van der Waals surface area contributed by atoms with Crippen molar-refractivity contribution < 1.29 is 22.4 Å². The molecule has 3 N–H and O–H groups in total. The minimum Gasteiger partial charge on any atom is -0.381 e. The van der Waals surface area contributed by atoms with Crippen LogP contribution in [0.5, 0.6) is 0 Å². The SMILES string of the molecule is Cc1nc(C(F)(F)F)cn1-c1ccncc1NC(=O)c1c(N)nn2cc(F)cnc12. The normalized spacial score (nSPS) is 11.8. The molecule has 0 radical (unpaired) electrons. The summed E-state index contributed by atoms with van der Waals surface area (Å²) in [5, 5.41) is 6.37. The standard InChI is InChI=1S/C17H12F4N8O/c1-8-25-12(17(19,20)21)7-28(8)11-2-3-23-5-10(11)26-16(30)13-14(22)27-29-6-9(18)4-24-15(13)29/h2-7H,1H3,(H2,22,27)(H,26,30). The molecule has 0 aromatic carbocycles. The Bertz CT molecular complexity index is 1280. The fraction of sp³-hybridized carbons (Fsp3) is 0.118. The molecule has 154 valence electrons. The van der Waals surface area contributed by atoms with Crippen LogP contribution in [0.2, 0.25) is 0 Å². The number of hydrogen-bond acceptors (Lipinski definition) is 6. The van der Waals surface area contributed by atoms with Crippen LogP contribution in [-0.2, 0) is 6.18 Å². The van der Waals surface area contributed by atoms with Crippen LogP contribution in [0.15, 0.2) is 37.1 Å². The maximum absolute atomic E-state index is 13.3. The number of nitrogens with zero attached hydrogens (tertiary/aromatic N) is 6. The van der Waals surface area contributed by atoms with Crippen LogP contribution >= 0.6 is 0 Å². The summed E-state index contributed by atoms with van der Waals surface area (Å²) in [6, 6.07) is 1.41. The van der Waals surface area contributed by atoms with E-state index in [1.54, 1.807) is 0 Å². The molecule has 4 aromatic heterocycles. The Morgan fingerprint density at radius 1 is 1.23 bits per heavy atom. The van der Waals surface area contributed by atoms with Crippen molar-refractivity contribution in [3.63, 3.8) is 0 Å². The largest absolute Gasteiger partial charge is 0.434 e. The summed E-state index contributed by atoms with van der Waals surface area (Å²) < 4.78 is 54.5. The van der Waals surface area contributed by atoms with Gasteiger partial charge in [-0.2, -0.15) is 13.2 Å². The highest BCUT2D eigenvalue weighted by molar-refractivity contribution is 6.12. The molecular formula is C17H12F4N8O.